The highest BCUT2D eigenvalue weighted by atomic mass is 16.5. The van der Waals surface area contributed by atoms with E-state index in [2.05, 4.69) is 18.7 Å². The van der Waals surface area contributed by atoms with Crippen LogP contribution in [0.2, 0.25) is 0 Å². The van der Waals surface area contributed by atoms with Crippen LogP contribution in [0.3, 0.4) is 0 Å². The predicted octanol–water partition coefficient (Wildman–Crippen LogP) is 2.28. The zero-order chi connectivity index (χ0) is 7.84. The van der Waals surface area contributed by atoms with Gasteiger partial charge in [-0.1, -0.05) is 18.7 Å². The van der Waals surface area contributed by atoms with Crippen molar-refractivity contribution in [3.8, 4) is 0 Å². The fourth-order valence-corrected chi connectivity index (χ4v) is 1.58. The number of hydrogen-bond acceptors (Lipinski definition) is 1. The number of fused-ring (bicyclic) bond motifs is 1. The Labute approximate surface area is 67.1 Å². The summed E-state index contributed by atoms with van der Waals surface area (Å²) in [6.07, 6.45) is 7.63. The first-order chi connectivity index (χ1) is 5.35. The number of ether oxygens (including phenoxy) is 1. The topological polar surface area (TPSA) is 9.23 Å². The van der Waals surface area contributed by atoms with Gasteiger partial charge in [0.25, 0.3) is 0 Å². The third kappa shape index (κ3) is 1.01. The zero-order valence-electron chi connectivity index (χ0n) is 6.71. The lowest BCUT2D eigenvalue weighted by atomic mass is 10.1. The van der Waals surface area contributed by atoms with Gasteiger partial charge in [0.1, 0.15) is 5.76 Å². The zero-order valence-corrected chi connectivity index (χ0v) is 6.71. The van der Waals surface area contributed by atoms with Crippen LogP contribution < -0.4 is 0 Å². The fraction of sp³-hybridized carbons (Fsp3) is 0.400. The van der Waals surface area contributed by atoms with Crippen molar-refractivity contribution >= 4 is 0 Å². The summed E-state index contributed by atoms with van der Waals surface area (Å²) in [5, 5.41) is 0. The SMILES string of the molecule is C=CC1=CC2CC2C=C1OC. The van der Waals surface area contributed by atoms with E-state index in [0.29, 0.717) is 0 Å². The van der Waals surface area contributed by atoms with E-state index in [4.69, 9.17) is 4.74 Å². The minimum atomic E-state index is 0.758. The summed E-state index contributed by atoms with van der Waals surface area (Å²) >= 11 is 0. The highest BCUT2D eigenvalue weighted by molar-refractivity contribution is 5.41. The van der Waals surface area contributed by atoms with Gasteiger partial charge in [0.2, 0.25) is 0 Å². The van der Waals surface area contributed by atoms with Gasteiger partial charge >= 0.3 is 0 Å². The molecule has 1 nitrogen and oxygen atoms in total. The molecule has 1 heteroatoms. The molecule has 0 amide bonds. The molecule has 2 aliphatic rings. The Morgan fingerprint density at radius 2 is 2.27 bits per heavy atom. The second-order valence-electron chi connectivity index (χ2n) is 3.12. The number of hydrogen-bond donors (Lipinski definition) is 0. The van der Waals surface area contributed by atoms with E-state index in [-0.39, 0.29) is 0 Å². The Balaban J connectivity index is 2.28. The quantitative estimate of drug-likeness (QED) is 0.583. The first kappa shape index (κ1) is 6.71. The van der Waals surface area contributed by atoms with Crippen LogP contribution in [0.25, 0.3) is 0 Å². The highest BCUT2D eigenvalue weighted by Gasteiger charge is 2.37. The average molecular weight is 148 g/mol. The largest absolute Gasteiger partial charge is 0.496 e. The number of rotatable bonds is 2. The molecule has 0 saturated heterocycles. The van der Waals surface area contributed by atoms with Gasteiger partial charge in [0, 0.05) is 5.57 Å². The van der Waals surface area contributed by atoms with Gasteiger partial charge in [-0.15, -0.1) is 0 Å². The second-order valence-corrected chi connectivity index (χ2v) is 3.12. The van der Waals surface area contributed by atoms with Crippen molar-refractivity contribution in [1.82, 2.24) is 0 Å². The molecule has 2 rings (SSSR count). The standard InChI is InChI=1S/C10H12O/c1-3-7-4-8-5-9(8)6-10(7)11-2/h3-4,6,8-9H,1,5H2,2H3. The Hall–Kier alpha value is -0.980. The van der Waals surface area contributed by atoms with Gasteiger partial charge in [0.05, 0.1) is 7.11 Å². The van der Waals surface area contributed by atoms with Crippen molar-refractivity contribution in [2.45, 2.75) is 6.42 Å². The minimum Gasteiger partial charge on any atom is -0.496 e. The fourth-order valence-electron chi connectivity index (χ4n) is 1.58. The molecule has 2 unspecified atom stereocenters. The maximum Gasteiger partial charge on any atom is 0.122 e. The van der Waals surface area contributed by atoms with E-state index in [0.717, 1.165) is 23.2 Å². The maximum atomic E-state index is 5.21. The third-order valence-electron chi connectivity index (χ3n) is 2.37. The molecule has 2 atom stereocenters. The smallest absolute Gasteiger partial charge is 0.122 e. The molecular formula is C10H12O. The van der Waals surface area contributed by atoms with Crippen LogP contribution in [0, 0.1) is 11.8 Å². The maximum absolute atomic E-state index is 5.21. The number of methoxy groups -OCH3 is 1. The van der Waals surface area contributed by atoms with Gasteiger partial charge in [-0.05, 0) is 24.3 Å². The molecule has 0 aromatic carbocycles. The molecule has 0 spiro atoms. The molecule has 0 aliphatic heterocycles. The lowest BCUT2D eigenvalue weighted by Crippen LogP contribution is -1.96. The van der Waals surface area contributed by atoms with E-state index in [1.807, 2.05) is 6.08 Å². The summed E-state index contributed by atoms with van der Waals surface area (Å²) in [6.45, 7) is 3.75. The van der Waals surface area contributed by atoms with Crippen LogP contribution >= 0.6 is 0 Å². The normalized spacial score (nSPS) is 33.2. The van der Waals surface area contributed by atoms with Gasteiger partial charge in [-0.25, -0.2) is 0 Å². The molecular weight excluding hydrogens is 136 g/mol. The minimum absolute atomic E-state index is 0.758. The Morgan fingerprint density at radius 1 is 1.55 bits per heavy atom. The summed E-state index contributed by atoms with van der Waals surface area (Å²) in [4.78, 5) is 0. The Morgan fingerprint density at radius 3 is 2.91 bits per heavy atom. The van der Waals surface area contributed by atoms with E-state index < -0.39 is 0 Å². The predicted molar refractivity (Wildman–Crippen MR) is 45.0 cm³/mol. The van der Waals surface area contributed by atoms with E-state index in [1.54, 1.807) is 7.11 Å². The molecule has 0 aromatic rings. The lowest BCUT2D eigenvalue weighted by molar-refractivity contribution is 0.298. The van der Waals surface area contributed by atoms with Crippen molar-refractivity contribution < 1.29 is 4.74 Å². The molecule has 0 radical (unpaired) electrons. The van der Waals surface area contributed by atoms with Gasteiger partial charge in [0.15, 0.2) is 0 Å². The molecule has 0 aromatic heterocycles. The summed E-state index contributed by atoms with van der Waals surface area (Å²) in [7, 11) is 1.71. The van der Waals surface area contributed by atoms with Crippen molar-refractivity contribution in [3.05, 3.63) is 36.1 Å². The van der Waals surface area contributed by atoms with Crippen LogP contribution in [0.1, 0.15) is 6.42 Å². The van der Waals surface area contributed by atoms with E-state index in [1.165, 1.54) is 6.42 Å². The van der Waals surface area contributed by atoms with Crippen molar-refractivity contribution in [2.75, 3.05) is 7.11 Å². The van der Waals surface area contributed by atoms with Crippen LogP contribution in [0.15, 0.2) is 36.1 Å². The second kappa shape index (κ2) is 2.26. The summed E-state index contributed by atoms with van der Waals surface area (Å²) in [6, 6.07) is 0. The highest BCUT2D eigenvalue weighted by Crippen LogP contribution is 2.46. The van der Waals surface area contributed by atoms with Gasteiger partial charge in [-0.3, -0.25) is 0 Å². The molecule has 2 aliphatic carbocycles. The molecule has 0 heterocycles. The first-order valence-corrected chi connectivity index (χ1v) is 3.95. The Kier molecular flexibility index (Phi) is 1.38. The summed E-state index contributed by atoms with van der Waals surface area (Å²) in [5.41, 5.74) is 1.16. The molecule has 11 heavy (non-hydrogen) atoms. The molecule has 0 N–H and O–H groups in total. The monoisotopic (exact) mass is 148 g/mol. The van der Waals surface area contributed by atoms with Gasteiger partial charge < -0.3 is 4.74 Å². The molecule has 0 bridgehead atoms. The van der Waals surface area contributed by atoms with E-state index in [9.17, 15) is 0 Å². The molecule has 1 fully saturated rings. The molecule has 1 saturated carbocycles. The summed E-state index contributed by atoms with van der Waals surface area (Å²) in [5.74, 6) is 2.54. The molecule has 58 valence electrons. The first-order valence-electron chi connectivity index (χ1n) is 3.95. The van der Waals surface area contributed by atoms with Gasteiger partial charge in [-0.2, -0.15) is 0 Å². The Bertz CT molecular complexity index is 248. The van der Waals surface area contributed by atoms with Crippen LogP contribution in [-0.4, -0.2) is 7.11 Å². The van der Waals surface area contributed by atoms with Crippen molar-refractivity contribution in [2.24, 2.45) is 11.8 Å². The van der Waals surface area contributed by atoms with E-state index >= 15 is 0 Å². The van der Waals surface area contributed by atoms with Crippen molar-refractivity contribution in [3.63, 3.8) is 0 Å². The van der Waals surface area contributed by atoms with Crippen LogP contribution in [0.5, 0.6) is 0 Å². The summed E-state index contributed by atoms with van der Waals surface area (Å²) < 4.78 is 5.21. The number of allylic oxidation sites excluding steroid dienone is 3. The van der Waals surface area contributed by atoms with Crippen LogP contribution in [0.4, 0.5) is 0 Å². The van der Waals surface area contributed by atoms with Crippen LogP contribution in [-0.2, 0) is 4.74 Å². The lowest BCUT2D eigenvalue weighted by Gasteiger charge is -2.10. The average Bonchev–Trinajstić information content (AvgIpc) is 2.79. The van der Waals surface area contributed by atoms with Crippen molar-refractivity contribution in [1.29, 1.82) is 0 Å². The third-order valence-corrected chi connectivity index (χ3v) is 2.37.